The molecule has 0 spiro atoms. The van der Waals surface area contributed by atoms with Crippen LogP contribution in [0.5, 0.6) is 11.5 Å². The Labute approximate surface area is 240 Å². The first-order valence-electron chi connectivity index (χ1n) is 14.0. The molecule has 4 aromatic rings. The number of rotatable bonds is 12. The van der Waals surface area contributed by atoms with Crippen molar-refractivity contribution in [1.29, 1.82) is 0 Å². The number of ketones is 2. The molecule has 1 aliphatic rings. The van der Waals surface area contributed by atoms with Gasteiger partial charge in [0.25, 0.3) is 0 Å². The van der Waals surface area contributed by atoms with Crippen molar-refractivity contribution in [2.24, 2.45) is 0 Å². The molecule has 0 amide bonds. The van der Waals surface area contributed by atoms with E-state index in [9.17, 15) is 19.8 Å². The van der Waals surface area contributed by atoms with E-state index in [2.05, 4.69) is 24.3 Å². The van der Waals surface area contributed by atoms with E-state index in [-0.39, 0.29) is 24.4 Å². The molecular weight excluding hydrogens is 516 g/mol. The minimum atomic E-state index is -1.20. The van der Waals surface area contributed by atoms with Gasteiger partial charge in [-0.05, 0) is 57.6 Å². The summed E-state index contributed by atoms with van der Waals surface area (Å²) in [6, 6.07) is 32.0. The molecule has 0 bridgehead atoms. The van der Waals surface area contributed by atoms with Crippen molar-refractivity contribution in [2.45, 2.75) is 57.5 Å². The average molecular weight is 551 g/mol. The maximum atomic E-state index is 11.7. The summed E-state index contributed by atoms with van der Waals surface area (Å²) in [4.78, 5) is 23.5. The van der Waals surface area contributed by atoms with Gasteiger partial charge in [-0.1, -0.05) is 86.6 Å². The van der Waals surface area contributed by atoms with Crippen molar-refractivity contribution in [3.05, 3.63) is 119 Å². The third kappa shape index (κ3) is 5.53. The van der Waals surface area contributed by atoms with Crippen LogP contribution < -0.4 is 9.47 Å². The number of hydrogen-bond donors (Lipinski definition) is 2. The van der Waals surface area contributed by atoms with Crippen LogP contribution in [0.3, 0.4) is 0 Å². The van der Waals surface area contributed by atoms with Crippen molar-refractivity contribution < 1.29 is 29.3 Å². The number of aliphatic hydroxyl groups is 2. The van der Waals surface area contributed by atoms with Crippen molar-refractivity contribution in [2.75, 3.05) is 0 Å². The van der Waals surface area contributed by atoms with Crippen LogP contribution in [-0.2, 0) is 15.0 Å². The molecular formula is C35H34O6. The normalized spacial score (nSPS) is 14.4. The lowest BCUT2D eigenvalue weighted by atomic mass is 9.68. The van der Waals surface area contributed by atoms with Gasteiger partial charge in [-0.25, -0.2) is 0 Å². The van der Waals surface area contributed by atoms with Gasteiger partial charge in [0.05, 0.1) is 18.3 Å². The van der Waals surface area contributed by atoms with E-state index in [0.29, 0.717) is 24.3 Å². The van der Waals surface area contributed by atoms with Crippen LogP contribution in [-0.4, -0.2) is 34.4 Å². The molecule has 0 aromatic heterocycles. The van der Waals surface area contributed by atoms with Crippen molar-refractivity contribution in [3.8, 4) is 22.6 Å². The van der Waals surface area contributed by atoms with Gasteiger partial charge in [-0.2, -0.15) is 0 Å². The molecule has 5 rings (SSSR count). The highest BCUT2D eigenvalue weighted by Crippen LogP contribution is 2.56. The maximum absolute atomic E-state index is 11.7. The van der Waals surface area contributed by atoms with Gasteiger partial charge >= 0.3 is 0 Å². The zero-order valence-corrected chi connectivity index (χ0v) is 23.2. The van der Waals surface area contributed by atoms with E-state index in [1.54, 1.807) is 13.8 Å². The summed E-state index contributed by atoms with van der Waals surface area (Å²) in [5.74, 6) is 0.812. The number of ether oxygens (including phenoxy) is 2. The van der Waals surface area contributed by atoms with Gasteiger partial charge in [0.1, 0.15) is 23.1 Å². The maximum Gasteiger partial charge on any atom is 0.204 e. The van der Waals surface area contributed by atoms with Crippen LogP contribution in [0.2, 0.25) is 0 Å². The first-order valence-corrected chi connectivity index (χ1v) is 14.0. The van der Waals surface area contributed by atoms with Crippen LogP contribution in [0.4, 0.5) is 0 Å². The van der Waals surface area contributed by atoms with Gasteiger partial charge in [0, 0.05) is 12.8 Å². The highest BCUT2D eigenvalue weighted by atomic mass is 16.6. The van der Waals surface area contributed by atoms with Crippen LogP contribution in [0.1, 0.15) is 61.8 Å². The second kappa shape index (κ2) is 12.1. The van der Waals surface area contributed by atoms with Gasteiger partial charge in [0.15, 0.2) is 0 Å². The summed E-state index contributed by atoms with van der Waals surface area (Å²) in [5, 5.41) is 20.5. The molecule has 6 heteroatoms. The van der Waals surface area contributed by atoms with Gasteiger partial charge in [0.2, 0.25) is 12.6 Å². The first-order chi connectivity index (χ1) is 19.9. The van der Waals surface area contributed by atoms with E-state index in [1.165, 1.54) is 0 Å². The second-order valence-electron chi connectivity index (χ2n) is 10.2. The summed E-state index contributed by atoms with van der Waals surface area (Å²) < 4.78 is 11.3. The van der Waals surface area contributed by atoms with Crippen LogP contribution in [0, 0.1) is 0 Å². The number of hydrogen-bond acceptors (Lipinski definition) is 6. The Kier molecular flexibility index (Phi) is 8.34. The molecule has 210 valence electrons. The van der Waals surface area contributed by atoms with E-state index in [1.807, 2.05) is 72.8 Å². The first kappa shape index (κ1) is 28.3. The predicted octanol–water partition coefficient (Wildman–Crippen LogP) is 6.18. The van der Waals surface area contributed by atoms with E-state index >= 15 is 0 Å². The lowest BCUT2D eigenvalue weighted by molar-refractivity contribution is -0.126. The number of Topliss-reactive ketones (excluding diaryl/α,β-unsaturated/α-hetero) is 2. The highest BCUT2D eigenvalue weighted by Gasteiger charge is 2.45. The smallest absolute Gasteiger partial charge is 0.204 e. The molecule has 2 atom stereocenters. The summed E-state index contributed by atoms with van der Waals surface area (Å²) in [7, 11) is 0. The Balaban J connectivity index is 1.56. The SMILES string of the molecule is CCC(=O)CC(O)Oc1ccc(C2(c3ccc(OC(O)CC(=O)CC)cc3)c3ccccc3-c3ccccc32)cc1. The molecule has 2 N–H and O–H groups in total. The molecule has 4 aromatic carbocycles. The number of carbonyl (C=O) groups excluding carboxylic acids is 2. The summed E-state index contributed by atoms with van der Waals surface area (Å²) in [6.07, 6.45) is -1.82. The molecule has 6 nitrogen and oxygen atoms in total. The Morgan fingerprint density at radius 3 is 1.34 bits per heavy atom. The predicted molar refractivity (Wildman–Crippen MR) is 157 cm³/mol. The quantitative estimate of drug-likeness (QED) is 0.180. The topological polar surface area (TPSA) is 93.1 Å². The fourth-order valence-corrected chi connectivity index (χ4v) is 5.67. The minimum absolute atomic E-state index is 0.0569. The Bertz CT molecular complexity index is 1410. The third-order valence-electron chi connectivity index (χ3n) is 7.66. The Hall–Kier alpha value is -4.26. The monoisotopic (exact) mass is 550 g/mol. The van der Waals surface area contributed by atoms with Crippen molar-refractivity contribution >= 4 is 11.6 Å². The molecule has 41 heavy (non-hydrogen) atoms. The molecule has 0 heterocycles. The van der Waals surface area contributed by atoms with E-state index < -0.39 is 18.0 Å². The molecule has 1 aliphatic carbocycles. The van der Waals surface area contributed by atoms with E-state index in [4.69, 9.17) is 9.47 Å². The summed E-state index contributed by atoms with van der Waals surface area (Å²) >= 11 is 0. The lowest BCUT2D eigenvalue weighted by Crippen LogP contribution is -2.28. The Morgan fingerprint density at radius 2 is 0.976 bits per heavy atom. The van der Waals surface area contributed by atoms with Crippen molar-refractivity contribution in [1.82, 2.24) is 0 Å². The third-order valence-corrected chi connectivity index (χ3v) is 7.66. The highest BCUT2D eigenvalue weighted by molar-refractivity contribution is 5.86. The fourth-order valence-electron chi connectivity index (χ4n) is 5.67. The zero-order valence-electron chi connectivity index (χ0n) is 23.2. The lowest BCUT2D eigenvalue weighted by Gasteiger charge is -2.34. The molecule has 0 radical (unpaired) electrons. The second-order valence-corrected chi connectivity index (χ2v) is 10.2. The average Bonchev–Trinajstić information content (AvgIpc) is 3.29. The number of benzene rings is 4. The zero-order chi connectivity index (χ0) is 29.0. The molecule has 0 fully saturated rings. The van der Waals surface area contributed by atoms with Gasteiger partial charge < -0.3 is 19.7 Å². The van der Waals surface area contributed by atoms with Crippen LogP contribution >= 0.6 is 0 Å². The van der Waals surface area contributed by atoms with Gasteiger partial charge in [-0.3, -0.25) is 9.59 Å². The molecule has 2 unspecified atom stereocenters. The summed E-state index contributed by atoms with van der Waals surface area (Å²) in [5.41, 5.74) is 5.90. The molecule has 0 saturated heterocycles. The summed E-state index contributed by atoms with van der Waals surface area (Å²) in [6.45, 7) is 3.52. The number of aliphatic hydroxyl groups excluding tert-OH is 2. The number of fused-ring (bicyclic) bond motifs is 3. The fraction of sp³-hybridized carbons (Fsp3) is 0.257. The van der Waals surface area contributed by atoms with Crippen LogP contribution in [0.15, 0.2) is 97.1 Å². The Morgan fingerprint density at radius 1 is 0.610 bits per heavy atom. The van der Waals surface area contributed by atoms with Crippen molar-refractivity contribution in [3.63, 3.8) is 0 Å². The number of carbonyl (C=O) groups is 2. The van der Waals surface area contributed by atoms with E-state index in [0.717, 1.165) is 33.4 Å². The standard InChI is InChI=1S/C35H34O6/c1-3-25(36)21-33(38)40-27-17-13-23(14-18-27)35(24-15-19-28(20-16-24)41-34(39)22-26(37)4-2)31-11-7-5-9-29(31)30-10-6-8-12-32(30)35/h5-20,33-34,38-39H,3-4,21-22H2,1-2H3. The largest absolute Gasteiger partial charge is 0.465 e. The molecule has 0 aliphatic heterocycles. The van der Waals surface area contributed by atoms with Gasteiger partial charge in [-0.15, -0.1) is 0 Å². The molecule has 0 saturated carbocycles. The van der Waals surface area contributed by atoms with Crippen LogP contribution in [0.25, 0.3) is 11.1 Å². The minimum Gasteiger partial charge on any atom is -0.465 e.